The number of methoxy groups -OCH3 is 1. The number of nitrogens with two attached hydrogens (primary N) is 1. The molecule has 0 fully saturated rings. The van der Waals surface area contributed by atoms with Gasteiger partial charge in [-0.05, 0) is 36.8 Å². The molecule has 0 aliphatic carbocycles. The second-order valence-electron chi connectivity index (χ2n) is 4.26. The largest absolute Gasteiger partial charge is 0.495 e. The number of rotatable bonds is 5. The van der Waals surface area contributed by atoms with Crippen molar-refractivity contribution >= 4 is 15.7 Å². The summed E-state index contributed by atoms with van der Waals surface area (Å²) in [5.74, 6) is 0.774. The molecule has 3 N–H and O–H groups in total. The van der Waals surface area contributed by atoms with E-state index in [0.717, 1.165) is 5.56 Å². The van der Waals surface area contributed by atoms with Crippen LogP contribution in [-0.2, 0) is 16.6 Å². The van der Waals surface area contributed by atoms with Crippen molar-refractivity contribution in [3.8, 4) is 5.75 Å². The Hall–Kier alpha value is -1.99. The van der Waals surface area contributed by atoms with Crippen LogP contribution in [0.5, 0.6) is 5.75 Å². The van der Waals surface area contributed by atoms with E-state index in [-0.39, 0.29) is 17.2 Å². The second kappa shape index (κ2) is 5.56. The zero-order valence-electron chi connectivity index (χ0n) is 11.2. The maximum Gasteiger partial charge on any atom is 0.244 e. The van der Waals surface area contributed by atoms with Crippen LogP contribution in [0.15, 0.2) is 39.8 Å². The van der Waals surface area contributed by atoms with Crippen LogP contribution in [0.1, 0.15) is 11.3 Å². The van der Waals surface area contributed by atoms with Gasteiger partial charge in [-0.3, -0.25) is 0 Å². The summed E-state index contributed by atoms with van der Waals surface area (Å²) in [5.41, 5.74) is 6.91. The summed E-state index contributed by atoms with van der Waals surface area (Å²) in [6.07, 6.45) is 1.48. The maximum absolute atomic E-state index is 12.3. The topological polar surface area (TPSA) is 94.6 Å². The van der Waals surface area contributed by atoms with Gasteiger partial charge in [0, 0.05) is 5.69 Å². The molecule has 6 nitrogen and oxygen atoms in total. The van der Waals surface area contributed by atoms with E-state index in [2.05, 4.69) is 4.72 Å². The molecular formula is C13H16N2O4S. The number of hydrogen-bond donors (Lipinski definition) is 2. The first-order valence-corrected chi connectivity index (χ1v) is 7.38. The molecule has 0 aliphatic heterocycles. The van der Waals surface area contributed by atoms with E-state index in [0.29, 0.717) is 11.4 Å². The van der Waals surface area contributed by atoms with Crippen molar-refractivity contribution in [1.82, 2.24) is 4.72 Å². The summed E-state index contributed by atoms with van der Waals surface area (Å²) >= 11 is 0. The van der Waals surface area contributed by atoms with Gasteiger partial charge in [-0.25, -0.2) is 13.1 Å². The summed E-state index contributed by atoms with van der Waals surface area (Å²) in [5, 5.41) is 0. The summed E-state index contributed by atoms with van der Waals surface area (Å²) in [4.78, 5) is 0.00894. The monoisotopic (exact) mass is 296 g/mol. The Kier molecular flexibility index (Phi) is 4.01. The molecule has 0 radical (unpaired) electrons. The number of ether oxygens (including phenoxy) is 1. The molecule has 0 atom stereocenters. The van der Waals surface area contributed by atoms with Crippen molar-refractivity contribution in [3.63, 3.8) is 0 Å². The predicted molar refractivity (Wildman–Crippen MR) is 74.9 cm³/mol. The Bertz CT molecular complexity index is 693. The van der Waals surface area contributed by atoms with Gasteiger partial charge < -0.3 is 14.9 Å². The molecule has 0 saturated carbocycles. The smallest absolute Gasteiger partial charge is 0.244 e. The summed E-state index contributed by atoms with van der Waals surface area (Å²) in [7, 11) is -2.32. The highest BCUT2D eigenvalue weighted by Crippen LogP contribution is 2.28. The first-order valence-electron chi connectivity index (χ1n) is 5.90. The molecule has 7 heteroatoms. The van der Waals surface area contributed by atoms with Gasteiger partial charge in [0.1, 0.15) is 16.4 Å². The van der Waals surface area contributed by atoms with Crippen molar-refractivity contribution in [1.29, 1.82) is 0 Å². The Morgan fingerprint density at radius 1 is 1.40 bits per heavy atom. The highest BCUT2D eigenvalue weighted by molar-refractivity contribution is 7.89. The van der Waals surface area contributed by atoms with E-state index in [1.54, 1.807) is 25.1 Å². The van der Waals surface area contributed by atoms with Gasteiger partial charge in [0.05, 0.1) is 19.9 Å². The van der Waals surface area contributed by atoms with Gasteiger partial charge in [0.15, 0.2) is 0 Å². The normalized spacial score (nSPS) is 11.5. The molecule has 0 saturated heterocycles. The number of anilines is 1. The van der Waals surface area contributed by atoms with Crippen LogP contribution in [-0.4, -0.2) is 15.5 Å². The third kappa shape index (κ3) is 2.94. The summed E-state index contributed by atoms with van der Waals surface area (Å²) in [6.45, 7) is 1.84. The van der Waals surface area contributed by atoms with Gasteiger partial charge in [-0.1, -0.05) is 0 Å². The highest BCUT2D eigenvalue weighted by Gasteiger charge is 2.21. The van der Waals surface area contributed by atoms with E-state index >= 15 is 0 Å². The van der Waals surface area contributed by atoms with Gasteiger partial charge in [0.25, 0.3) is 0 Å². The van der Waals surface area contributed by atoms with Crippen molar-refractivity contribution < 1.29 is 17.6 Å². The van der Waals surface area contributed by atoms with Gasteiger partial charge >= 0.3 is 0 Å². The Morgan fingerprint density at radius 3 is 2.75 bits per heavy atom. The van der Waals surface area contributed by atoms with Crippen molar-refractivity contribution in [3.05, 3.63) is 41.9 Å². The minimum atomic E-state index is -3.73. The maximum atomic E-state index is 12.3. The molecule has 1 aromatic carbocycles. The average Bonchev–Trinajstić information content (AvgIpc) is 2.92. The van der Waals surface area contributed by atoms with Crippen molar-refractivity contribution in [2.24, 2.45) is 0 Å². The number of aryl methyl sites for hydroxylation is 1. The van der Waals surface area contributed by atoms with Crippen molar-refractivity contribution in [2.75, 3.05) is 12.8 Å². The summed E-state index contributed by atoms with van der Waals surface area (Å²) in [6, 6.07) is 6.35. The van der Waals surface area contributed by atoms with E-state index < -0.39 is 10.0 Å². The molecule has 2 rings (SSSR count). The number of furan rings is 1. The molecule has 1 aromatic heterocycles. The number of nitrogens with one attached hydrogen (secondary N) is 1. The Balaban J connectivity index is 2.31. The van der Waals surface area contributed by atoms with Crippen molar-refractivity contribution in [2.45, 2.75) is 18.4 Å². The van der Waals surface area contributed by atoms with Crippen LogP contribution >= 0.6 is 0 Å². The van der Waals surface area contributed by atoms with Crippen LogP contribution in [0.25, 0.3) is 0 Å². The number of sulfonamides is 1. The predicted octanol–water partition coefficient (Wildman–Crippen LogP) is 1.66. The number of benzene rings is 1. The quantitative estimate of drug-likeness (QED) is 0.818. The van der Waals surface area contributed by atoms with E-state index in [4.69, 9.17) is 14.9 Å². The van der Waals surface area contributed by atoms with Crippen LogP contribution in [0.2, 0.25) is 0 Å². The lowest BCUT2D eigenvalue weighted by Crippen LogP contribution is -2.23. The molecule has 0 amide bonds. The third-order valence-electron chi connectivity index (χ3n) is 2.86. The minimum absolute atomic E-state index is 0.00894. The molecule has 0 aliphatic rings. The minimum Gasteiger partial charge on any atom is -0.495 e. The van der Waals surface area contributed by atoms with Gasteiger partial charge in [-0.15, -0.1) is 0 Å². The van der Waals surface area contributed by atoms with E-state index in [1.165, 1.54) is 19.4 Å². The molecule has 0 unspecified atom stereocenters. The second-order valence-corrected chi connectivity index (χ2v) is 6.00. The third-order valence-corrected chi connectivity index (χ3v) is 4.28. The molecular weight excluding hydrogens is 280 g/mol. The fourth-order valence-electron chi connectivity index (χ4n) is 1.70. The molecule has 0 spiro atoms. The number of nitrogen functional groups attached to an aromatic ring is 1. The van der Waals surface area contributed by atoms with Crippen LogP contribution in [0, 0.1) is 6.92 Å². The molecule has 1 heterocycles. The lowest BCUT2D eigenvalue weighted by molar-refractivity contribution is 0.402. The first kappa shape index (κ1) is 14.4. The lowest BCUT2D eigenvalue weighted by Gasteiger charge is -2.12. The standard InChI is InChI=1S/C13H16N2O4S/c1-9-6-12(18-2)13(7-11(9)14)20(16,17)15-8-10-4-3-5-19-10/h3-7,15H,8,14H2,1-2H3. The molecule has 0 bridgehead atoms. The molecule has 20 heavy (non-hydrogen) atoms. The zero-order chi connectivity index (χ0) is 14.8. The average molecular weight is 296 g/mol. The number of hydrogen-bond acceptors (Lipinski definition) is 5. The lowest BCUT2D eigenvalue weighted by atomic mass is 10.2. The molecule has 2 aromatic rings. The van der Waals surface area contributed by atoms with E-state index in [1.807, 2.05) is 0 Å². The SMILES string of the molecule is COc1cc(C)c(N)cc1S(=O)(=O)NCc1ccco1. The fourth-order valence-corrected chi connectivity index (χ4v) is 2.88. The fraction of sp³-hybridized carbons (Fsp3) is 0.231. The molecule has 108 valence electrons. The van der Waals surface area contributed by atoms with Gasteiger partial charge in [0.2, 0.25) is 10.0 Å². The highest BCUT2D eigenvalue weighted by atomic mass is 32.2. The van der Waals surface area contributed by atoms with Crippen LogP contribution < -0.4 is 15.2 Å². The Labute approximate surface area is 117 Å². The van der Waals surface area contributed by atoms with E-state index in [9.17, 15) is 8.42 Å². The van der Waals surface area contributed by atoms with Crippen LogP contribution in [0.4, 0.5) is 5.69 Å². The summed E-state index contributed by atoms with van der Waals surface area (Å²) < 4.78 is 37.2. The van der Waals surface area contributed by atoms with Gasteiger partial charge in [-0.2, -0.15) is 0 Å². The first-order chi connectivity index (χ1) is 9.44. The zero-order valence-corrected chi connectivity index (χ0v) is 12.0. The Morgan fingerprint density at radius 2 is 2.15 bits per heavy atom. The van der Waals surface area contributed by atoms with Crippen LogP contribution in [0.3, 0.4) is 0 Å².